The van der Waals surface area contributed by atoms with Gasteiger partial charge in [-0.15, -0.1) is 0 Å². The Bertz CT molecular complexity index is 533. The molecule has 0 amide bonds. The number of aliphatic hydroxyl groups is 1. The molecule has 0 aromatic heterocycles. The number of esters is 1. The van der Waals surface area contributed by atoms with Crippen molar-refractivity contribution in [3.05, 3.63) is 11.8 Å². The Morgan fingerprint density at radius 1 is 1.45 bits per heavy atom. The van der Waals surface area contributed by atoms with Gasteiger partial charge in [0, 0.05) is 12.8 Å². The molecule has 1 spiro atoms. The minimum absolute atomic E-state index is 0.0106. The van der Waals surface area contributed by atoms with E-state index in [0.29, 0.717) is 18.4 Å². The summed E-state index contributed by atoms with van der Waals surface area (Å²) in [5, 5.41) is 9.79. The highest BCUT2D eigenvalue weighted by molar-refractivity contribution is 5.66. The maximum absolute atomic E-state index is 11.5. The van der Waals surface area contributed by atoms with Crippen molar-refractivity contribution in [3.8, 4) is 0 Å². The summed E-state index contributed by atoms with van der Waals surface area (Å²) >= 11 is 0. The fraction of sp³-hybridized carbons (Fsp3) is 0.824. The number of aliphatic hydroxyl groups excluding tert-OH is 1. The zero-order chi connectivity index (χ0) is 15.7. The summed E-state index contributed by atoms with van der Waals surface area (Å²) in [7, 11) is 0. The molecule has 0 aromatic rings. The average Bonchev–Trinajstić information content (AvgIpc) is 3.33. The Labute approximate surface area is 130 Å². The second-order valence-electron chi connectivity index (χ2n) is 7.86. The topological polar surface area (TPSA) is 68.3 Å². The van der Waals surface area contributed by atoms with Crippen LogP contribution < -0.4 is 0 Å². The molecule has 2 heterocycles. The number of hydrogen-bond donors (Lipinski definition) is 1. The summed E-state index contributed by atoms with van der Waals surface area (Å²) in [6, 6.07) is 0. The van der Waals surface area contributed by atoms with Gasteiger partial charge >= 0.3 is 5.97 Å². The van der Waals surface area contributed by atoms with E-state index in [0.717, 1.165) is 18.4 Å². The number of carbonyl (C=O) groups is 1. The van der Waals surface area contributed by atoms with E-state index in [9.17, 15) is 9.90 Å². The van der Waals surface area contributed by atoms with Crippen LogP contribution >= 0.6 is 0 Å². The van der Waals surface area contributed by atoms with Gasteiger partial charge in [-0.1, -0.05) is 13.8 Å². The third kappa shape index (κ3) is 1.88. The molecule has 6 atom stereocenters. The minimum atomic E-state index is -0.601. The van der Waals surface area contributed by atoms with Crippen LogP contribution in [0, 0.1) is 29.1 Å². The second-order valence-corrected chi connectivity index (χ2v) is 7.86. The number of epoxide rings is 1. The Morgan fingerprint density at radius 3 is 2.77 bits per heavy atom. The van der Waals surface area contributed by atoms with Gasteiger partial charge in [-0.05, 0) is 35.7 Å². The van der Waals surface area contributed by atoms with E-state index in [1.54, 1.807) is 6.26 Å². The monoisotopic (exact) mass is 308 g/mol. The SMILES string of the molecule is CC(=O)O[C@H]1OC=C(CO)[C@@H]2[C@@H]3[C@@H](CC[C@@]4(CO4)[C@H]12)C3(C)C. The van der Waals surface area contributed by atoms with Gasteiger partial charge in [0.1, 0.15) is 5.60 Å². The molecule has 3 fully saturated rings. The lowest BCUT2D eigenvalue weighted by Crippen LogP contribution is -2.47. The van der Waals surface area contributed by atoms with Crippen LogP contribution in [0.4, 0.5) is 0 Å². The number of ether oxygens (including phenoxy) is 3. The Morgan fingerprint density at radius 2 is 2.18 bits per heavy atom. The van der Waals surface area contributed by atoms with Crippen molar-refractivity contribution < 1.29 is 24.1 Å². The normalized spacial score (nSPS) is 47.5. The molecule has 5 nitrogen and oxygen atoms in total. The molecule has 1 N–H and O–H groups in total. The Hall–Kier alpha value is -1.07. The van der Waals surface area contributed by atoms with Crippen LogP contribution in [-0.4, -0.2) is 36.2 Å². The van der Waals surface area contributed by atoms with E-state index in [2.05, 4.69) is 13.8 Å². The molecule has 0 bridgehead atoms. The number of carbonyl (C=O) groups excluding carboxylic acids is 1. The fourth-order valence-corrected chi connectivity index (χ4v) is 5.20. The maximum Gasteiger partial charge on any atom is 0.305 e. The Balaban J connectivity index is 1.74. The van der Waals surface area contributed by atoms with E-state index < -0.39 is 6.29 Å². The molecule has 2 aliphatic heterocycles. The first-order valence-electron chi connectivity index (χ1n) is 8.17. The molecular formula is C17H24O5. The van der Waals surface area contributed by atoms with Gasteiger partial charge in [-0.3, -0.25) is 4.79 Å². The van der Waals surface area contributed by atoms with E-state index in [1.807, 2.05) is 0 Å². The lowest BCUT2D eigenvalue weighted by Gasteiger charge is -2.40. The van der Waals surface area contributed by atoms with E-state index >= 15 is 0 Å². The van der Waals surface area contributed by atoms with Crippen LogP contribution in [-0.2, 0) is 19.0 Å². The molecule has 2 saturated carbocycles. The lowest BCUT2D eigenvalue weighted by molar-refractivity contribution is -0.192. The highest BCUT2D eigenvalue weighted by Gasteiger charge is 2.72. The molecule has 0 unspecified atom stereocenters. The molecule has 0 aromatic carbocycles. The van der Waals surface area contributed by atoms with Crippen LogP contribution in [0.15, 0.2) is 11.8 Å². The number of hydrogen-bond acceptors (Lipinski definition) is 5. The Kier molecular flexibility index (Phi) is 2.96. The first kappa shape index (κ1) is 14.5. The smallest absolute Gasteiger partial charge is 0.305 e. The predicted molar refractivity (Wildman–Crippen MR) is 77.5 cm³/mol. The van der Waals surface area contributed by atoms with E-state index in [1.165, 1.54) is 6.92 Å². The summed E-state index contributed by atoms with van der Waals surface area (Å²) in [5.74, 6) is 0.973. The third-order valence-corrected chi connectivity index (χ3v) is 6.45. The molecule has 4 rings (SSSR count). The largest absolute Gasteiger partial charge is 0.462 e. The standard InChI is InChI=1S/C17H24O5/c1-9(19)22-15-14-12(10(6-18)7-20-15)13-11(16(13,2)3)4-5-17(14)8-21-17/h7,11-15,18H,4-6,8H2,1-3H3/t11-,12-,13+,14+,15-,17-/m1/s1. The minimum Gasteiger partial charge on any atom is -0.462 e. The molecular weight excluding hydrogens is 284 g/mol. The quantitative estimate of drug-likeness (QED) is 0.623. The first-order chi connectivity index (χ1) is 10.4. The highest BCUT2D eigenvalue weighted by atomic mass is 16.7. The zero-order valence-corrected chi connectivity index (χ0v) is 13.4. The van der Waals surface area contributed by atoms with Gasteiger partial charge in [0.2, 0.25) is 6.29 Å². The lowest BCUT2D eigenvalue weighted by atomic mass is 9.72. The van der Waals surface area contributed by atoms with Gasteiger partial charge in [0.15, 0.2) is 0 Å². The van der Waals surface area contributed by atoms with Crippen molar-refractivity contribution in [1.29, 1.82) is 0 Å². The molecule has 1 saturated heterocycles. The van der Waals surface area contributed by atoms with Crippen LogP contribution in [0.25, 0.3) is 0 Å². The van der Waals surface area contributed by atoms with Crippen molar-refractivity contribution >= 4 is 5.97 Å². The van der Waals surface area contributed by atoms with Crippen molar-refractivity contribution in [2.45, 2.75) is 45.5 Å². The molecule has 2 aliphatic carbocycles. The van der Waals surface area contributed by atoms with Crippen molar-refractivity contribution in [1.82, 2.24) is 0 Å². The predicted octanol–water partition coefficient (Wildman–Crippen LogP) is 1.85. The highest BCUT2D eigenvalue weighted by Crippen LogP contribution is 2.71. The molecule has 5 heteroatoms. The van der Waals surface area contributed by atoms with Gasteiger partial charge in [-0.2, -0.15) is 0 Å². The van der Waals surface area contributed by atoms with Crippen LogP contribution in [0.5, 0.6) is 0 Å². The van der Waals surface area contributed by atoms with Crippen LogP contribution in [0.1, 0.15) is 33.6 Å². The van der Waals surface area contributed by atoms with Gasteiger partial charge in [0.25, 0.3) is 0 Å². The summed E-state index contributed by atoms with van der Waals surface area (Å²) in [5.41, 5.74) is 0.958. The van der Waals surface area contributed by atoms with Crippen LogP contribution in [0.2, 0.25) is 0 Å². The van der Waals surface area contributed by atoms with Gasteiger partial charge in [0.05, 0.1) is 25.4 Å². The number of rotatable bonds is 2. The van der Waals surface area contributed by atoms with E-state index in [4.69, 9.17) is 14.2 Å². The summed E-state index contributed by atoms with van der Waals surface area (Å²) in [6.45, 7) is 6.70. The molecule has 0 radical (unpaired) electrons. The van der Waals surface area contributed by atoms with Crippen molar-refractivity contribution in [2.24, 2.45) is 29.1 Å². The first-order valence-corrected chi connectivity index (χ1v) is 8.17. The fourth-order valence-electron chi connectivity index (χ4n) is 5.20. The van der Waals surface area contributed by atoms with Gasteiger partial charge < -0.3 is 19.3 Å². The van der Waals surface area contributed by atoms with Gasteiger partial charge in [-0.25, -0.2) is 0 Å². The molecule has 4 aliphatic rings. The average molecular weight is 308 g/mol. The van der Waals surface area contributed by atoms with Crippen LogP contribution in [0.3, 0.4) is 0 Å². The number of fused-ring (bicyclic) bond motifs is 4. The summed E-state index contributed by atoms with van der Waals surface area (Å²) < 4.78 is 17.0. The summed E-state index contributed by atoms with van der Waals surface area (Å²) in [4.78, 5) is 11.5. The van der Waals surface area contributed by atoms with Crippen molar-refractivity contribution in [3.63, 3.8) is 0 Å². The molecule has 22 heavy (non-hydrogen) atoms. The third-order valence-electron chi connectivity index (χ3n) is 6.45. The summed E-state index contributed by atoms with van der Waals surface area (Å²) in [6.07, 6.45) is 3.13. The van der Waals surface area contributed by atoms with E-state index in [-0.39, 0.29) is 35.4 Å². The second kappa shape index (κ2) is 4.48. The maximum atomic E-state index is 11.5. The molecule has 122 valence electrons. The zero-order valence-electron chi connectivity index (χ0n) is 13.4. The van der Waals surface area contributed by atoms with Crippen molar-refractivity contribution in [2.75, 3.05) is 13.2 Å².